The Balaban J connectivity index is 2.02. The van der Waals surface area contributed by atoms with E-state index in [-0.39, 0.29) is 5.78 Å². The number of carbonyl (C=O) groups excluding carboxylic acids is 1. The van der Waals surface area contributed by atoms with Gasteiger partial charge in [0.15, 0.2) is 5.89 Å². The van der Waals surface area contributed by atoms with Gasteiger partial charge in [0.1, 0.15) is 12.0 Å². The van der Waals surface area contributed by atoms with Crippen LogP contribution < -0.4 is 0 Å². The van der Waals surface area contributed by atoms with Gasteiger partial charge in [0.2, 0.25) is 0 Å². The summed E-state index contributed by atoms with van der Waals surface area (Å²) >= 11 is 0. The average Bonchev–Trinajstić information content (AvgIpc) is 2.67. The summed E-state index contributed by atoms with van der Waals surface area (Å²) < 4.78 is 10.7. The van der Waals surface area contributed by atoms with Gasteiger partial charge < -0.3 is 9.15 Å². The molecule has 0 spiro atoms. The molecule has 0 bridgehead atoms. The number of oxazole rings is 1. The van der Waals surface area contributed by atoms with Crippen molar-refractivity contribution < 1.29 is 13.9 Å². The van der Waals surface area contributed by atoms with Crippen LogP contribution in [0.5, 0.6) is 0 Å². The third-order valence-electron chi connectivity index (χ3n) is 2.57. The van der Waals surface area contributed by atoms with Crippen molar-refractivity contribution in [2.75, 3.05) is 13.2 Å². The topological polar surface area (TPSA) is 52.3 Å². The maximum atomic E-state index is 10.9. The van der Waals surface area contributed by atoms with Crippen molar-refractivity contribution in [3.05, 3.63) is 17.8 Å². The molecule has 0 amide bonds. The molecule has 4 nitrogen and oxygen atoms in total. The summed E-state index contributed by atoms with van der Waals surface area (Å²) in [4.78, 5) is 15.2. The van der Waals surface area contributed by atoms with Crippen LogP contribution in [0.3, 0.4) is 0 Å². The fraction of sp³-hybridized carbons (Fsp3) is 0.636. The van der Waals surface area contributed by atoms with Crippen molar-refractivity contribution in [2.24, 2.45) is 0 Å². The standard InChI is InChI=1S/C11H15NO3/c1-8(13)6-10-7-15-11(12-10)9-2-4-14-5-3-9/h7,9H,2-6H2,1H3. The van der Waals surface area contributed by atoms with Gasteiger partial charge in [0, 0.05) is 19.1 Å². The van der Waals surface area contributed by atoms with E-state index in [1.54, 1.807) is 13.2 Å². The van der Waals surface area contributed by atoms with E-state index < -0.39 is 0 Å². The molecule has 1 saturated heterocycles. The Morgan fingerprint density at radius 1 is 1.53 bits per heavy atom. The molecule has 2 rings (SSSR count). The van der Waals surface area contributed by atoms with Crippen LogP contribution in [-0.2, 0) is 16.0 Å². The minimum atomic E-state index is 0.113. The first kappa shape index (κ1) is 10.4. The highest BCUT2D eigenvalue weighted by Crippen LogP contribution is 2.26. The molecule has 0 aliphatic carbocycles. The van der Waals surface area contributed by atoms with Crippen LogP contribution in [-0.4, -0.2) is 24.0 Å². The first-order chi connectivity index (χ1) is 7.25. The number of aromatic nitrogens is 1. The largest absolute Gasteiger partial charge is 0.448 e. The molecule has 0 saturated carbocycles. The van der Waals surface area contributed by atoms with E-state index in [4.69, 9.17) is 9.15 Å². The fourth-order valence-corrected chi connectivity index (χ4v) is 1.79. The summed E-state index contributed by atoms with van der Waals surface area (Å²) in [6, 6.07) is 0. The Labute approximate surface area is 88.6 Å². The highest BCUT2D eigenvalue weighted by Gasteiger charge is 2.20. The minimum absolute atomic E-state index is 0.113. The van der Waals surface area contributed by atoms with Crippen LogP contribution in [0.15, 0.2) is 10.7 Å². The molecule has 15 heavy (non-hydrogen) atoms. The zero-order valence-corrected chi connectivity index (χ0v) is 8.86. The van der Waals surface area contributed by atoms with Gasteiger partial charge in [-0.3, -0.25) is 4.79 Å². The van der Waals surface area contributed by atoms with E-state index in [0.29, 0.717) is 12.3 Å². The van der Waals surface area contributed by atoms with E-state index in [1.165, 1.54) is 0 Å². The molecule has 0 unspecified atom stereocenters. The van der Waals surface area contributed by atoms with Gasteiger partial charge in [-0.1, -0.05) is 0 Å². The molecule has 0 N–H and O–H groups in total. The summed E-state index contributed by atoms with van der Waals surface area (Å²) in [5.74, 6) is 1.23. The highest BCUT2D eigenvalue weighted by molar-refractivity contribution is 5.77. The van der Waals surface area contributed by atoms with E-state index >= 15 is 0 Å². The molecule has 82 valence electrons. The maximum Gasteiger partial charge on any atom is 0.197 e. The van der Waals surface area contributed by atoms with E-state index in [0.717, 1.165) is 37.6 Å². The van der Waals surface area contributed by atoms with Crippen molar-refractivity contribution >= 4 is 5.78 Å². The number of nitrogens with zero attached hydrogens (tertiary/aromatic N) is 1. The summed E-state index contributed by atoms with van der Waals surface area (Å²) in [5, 5.41) is 0. The van der Waals surface area contributed by atoms with E-state index in [2.05, 4.69) is 4.98 Å². The Hall–Kier alpha value is -1.16. The third-order valence-corrected chi connectivity index (χ3v) is 2.57. The first-order valence-corrected chi connectivity index (χ1v) is 5.27. The van der Waals surface area contributed by atoms with Gasteiger partial charge in [-0.05, 0) is 19.8 Å². The van der Waals surface area contributed by atoms with Crippen LogP contribution in [0.25, 0.3) is 0 Å². The normalized spacial score (nSPS) is 17.9. The molecule has 1 aliphatic rings. The lowest BCUT2D eigenvalue weighted by atomic mass is 10.0. The van der Waals surface area contributed by atoms with Crippen molar-refractivity contribution in [3.63, 3.8) is 0 Å². The van der Waals surface area contributed by atoms with Gasteiger partial charge in [0.25, 0.3) is 0 Å². The zero-order chi connectivity index (χ0) is 10.7. The smallest absolute Gasteiger partial charge is 0.197 e. The summed E-state index contributed by atoms with van der Waals surface area (Å²) in [6.45, 7) is 3.10. The van der Waals surface area contributed by atoms with Gasteiger partial charge >= 0.3 is 0 Å². The Morgan fingerprint density at radius 2 is 2.27 bits per heavy atom. The summed E-state index contributed by atoms with van der Waals surface area (Å²) in [6.07, 6.45) is 3.87. The van der Waals surface area contributed by atoms with Crippen LogP contribution >= 0.6 is 0 Å². The molecule has 2 heterocycles. The van der Waals surface area contributed by atoms with Gasteiger partial charge in [-0.2, -0.15) is 0 Å². The average molecular weight is 209 g/mol. The van der Waals surface area contributed by atoms with Crippen LogP contribution in [0, 0.1) is 0 Å². The molecule has 0 atom stereocenters. The lowest BCUT2D eigenvalue weighted by Crippen LogP contribution is -2.14. The Kier molecular flexibility index (Phi) is 3.16. The molecule has 1 aliphatic heterocycles. The van der Waals surface area contributed by atoms with E-state index in [1.807, 2.05) is 0 Å². The summed E-state index contributed by atoms with van der Waals surface area (Å²) in [5.41, 5.74) is 0.740. The minimum Gasteiger partial charge on any atom is -0.448 e. The van der Waals surface area contributed by atoms with Crippen LogP contribution in [0.1, 0.15) is 37.3 Å². The third kappa shape index (κ3) is 2.65. The van der Waals surface area contributed by atoms with Gasteiger partial charge in [0.05, 0.1) is 12.1 Å². The predicted molar refractivity (Wildman–Crippen MR) is 53.7 cm³/mol. The second-order valence-corrected chi connectivity index (χ2v) is 3.94. The summed E-state index contributed by atoms with van der Waals surface area (Å²) in [7, 11) is 0. The zero-order valence-electron chi connectivity index (χ0n) is 8.86. The van der Waals surface area contributed by atoms with Gasteiger partial charge in [-0.15, -0.1) is 0 Å². The number of hydrogen-bond donors (Lipinski definition) is 0. The second kappa shape index (κ2) is 4.57. The quantitative estimate of drug-likeness (QED) is 0.760. The molecule has 1 fully saturated rings. The second-order valence-electron chi connectivity index (χ2n) is 3.94. The van der Waals surface area contributed by atoms with Crippen molar-refractivity contribution in [1.29, 1.82) is 0 Å². The highest BCUT2D eigenvalue weighted by atomic mass is 16.5. The molecule has 4 heteroatoms. The van der Waals surface area contributed by atoms with Crippen LogP contribution in [0.2, 0.25) is 0 Å². The molecular weight excluding hydrogens is 194 g/mol. The van der Waals surface area contributed by atoms with Crippen molar-refractivity contribution in [1.82, 2.24) is 4.98 Å². The molecule has 0 aromatic carbocycles. The molecule has 1 aromatic heterocycles. The Bertz CT molecular complexity index is 339. The Morgan fingerprint density at radius 3 is 2.93 bits per heavy atom. The predicted octanol–water partition coefficient (Wildman–Crippen LogP) is 1.70. The number of Topliss-reactive ketones (excluding diaryl/α,β-unsaturated/α-hetero) is 1. The molecule has 1 aromatic rings. The fourth-order valence-electron chi connectivity index (χ4n) is 1.79. The van der Waals surface area contributed by atoms with Crippen molar-refractivity contribution in [3.8, 4) is 0 Å². The number of carbonyl (C=O) groups is 1. The molecular formula is C11H15NO3. The maximum absolute atomic E-state index is 10.9. The lowest BCUT2D eigenvalue weighted by molar-refractivity contribution is -0.116. The number of hydrogen-bond acceptors (Lipinski definition) is 4. The SMILES string of the molecule is CC(=O)Cc1coc(C2CCOCC2)n1. The number of rotatable bonds is 3. The first-order valence-electron chi connectivity index (χ1n) is 5.27. The monoisotopic (exact) mass is 209 g/mol. The molecule has 0 radical (unpaired) electrons. The number of ether oxygens (including phenoxy) is 1. The lowest BCUT2D eigenvalue weighted by Gasteiger charge is -2.18. The van der Waals surface area contributed by atoms with E-state index in [9.17, 15) is 4.79 Å². The van der Waals surface area contributed by atoms with Gasteiger partial charge in [-0.25, -0.2) is 4.98 Å². The van der Waals surface area contributed by atoms with Crippen LogP contribution in [0.4, 0.5) is 0 Å². The van der Waals surface area contributed by atoms with Crippen molar-refractivity contribution in [2.45, 2.75) is 32.1 Å². The number of ketones is 1.